The van der Waals surface area contributed by atoms with Crippen LogP contribution >= 0.6 is 0 Å². The molecule has 1 unspecified atom stereocenters. The molecule has 0 aromatic heterocycles. The average molecular weight is 155 g/mol. The van der Waals surface area contributed by atoms with Gasteiger partial charge in [0.05, 0.1) is 0 Å². The molecule has 0 saturated carbocycles. The first-order chi connectivity index (χ1) is 4.70. The number of rotatable bonds is 1. The van der Waals surface area contributed by atoms with Gasteiger partial charge < -0.3 is 5.73 Å². The van der Waals surface area contributed by atoms with E-state index in [1.54, 1.807) is 0 Å². The second kappa shape index (κ2) is 2.94. The Kier molecular flexibility index (Phi) is 2.19. The molecule has 0 fully saturated rings. The van der Waals surface area contributed by atoms with Crippen LogP contribution in [0.25, 0.3) is 0 Å². The maximum Gasteiger partial charge on any atom is 0.177 e. The van der Waals surface area contributed by atoms with Gasteiger partial charge in [-0.25, -0.2) is 0 Å². The van der Waals surface area contributed by atoms with Crippen LogP contribution in [0.5, 0.6) is 0 Å². The summed E-state index contributed by atoms with van der Waals surface area (Å²) in [6.07, 6.45) is 1.97. The predicted octanol–water partition coefficient (Wildman–Crippen LogP) is 0.750. The Hall–Kier alpha value is -0.670. The van der Waals surface area contributed by atoms with Crippen molar-refractivity contribution in [2.75, 3.05) is 12.0 Å². The van der Waals surface area contributed by atoms with E-state index >= 15 is 0 Å². The molecule has 0 aliphatic rings. The minimum absolute atomic E-state index is 0.169. The lowest BCUT2D eigenvalue weighted by Gasteiger charge is -1.95. The highest BCUT2D eigenvalue weighted by Gasteiger charge is 2.07. The van der Waals surface area contributed by atoms with Gasteiger partial charge in [0.2, 0.25) is 0 Å². The minimum Gasteiger partial charge on any atom is -0.399 e. The standard InChI is InChI=1S/C7H11N2S/c1-10(9)7-4-2-3-6(8)5-7/h2-5H,8-9H2,1H3/q+1. The second-order valence-electron chi connectivity index (χ2n) is 2.13. The Morgan fingerprint density at radius 2 is 2.10 bits per heavy atom. The molecule has 1 aromatic carbocycles. The molecule has 3 heteroatoms. The van der Waals surface area contributed by atoms with Crippen molar-refractivity contribution in [3.63, 3.8) is 0 Å². The molecule has 0 aliphatic carbocycles. The van der Waals surface area contributed by atoms with Crippen LogP contribution in [0, 0.1) is 0 Å². The predicted molar refractivity (Wildman–Crippen MR) is 46.6 cm³/mol. The molecule has 1 aromatic rings. The molecule has 0 spiro atoms. The first-order valence-corrected chi connectivity index (χ1v) is 4.65. The molecule has 0 radical (unpaired) electrons. The van der Waals surface area contributed by atoms with Crippen LogP contribution in [0.2, 0.25) is 0 Å². The van der Waals surface area contributed by atoms with Gasteiger partial charge in [-0.2, -0.15) is 0 Å². The molecular formula is C7H11N2S+. The lowest BCUT2D eigenvalue weighted by atomic mass is 10.3. The third kappa shape index (κ3) is 1.65. The third-order valence-corrected chi connectivity index (χ3v) is 2.23. The highest BCUT2D eigenvalue weighted by atomic mass is 32.2. The van der Waals surface area contributed by atoms with Crippen molar-refractivity contribution in [1.29, 1.82) is 0 Å². The topological polar surface area (TPSA) is 52.0 Å². The Bertz CT molecular complexity index is 223. The highest BCUT2D eigenvalue weighted by molar-refractivity contribution is 7.94. The Balaban J connectivity index is 2.96. The molecule has 0 aliphatic heterocycles. The first kappa shape index (κ1) is 7.44. The molecule has 2 nitrogen and oxygen atoms in total. The van der Waals surface area contributed by atoms with Crippen LogP contribution in [0.1, 0.15) is 0 Å². The number of hydrogen-bond donors (Lipinski definition) is 2. The summed E-state index contributed by atoms with van der Waals surface area (Å²) in [7, 11) is 0. The van der Waals surface area contributed by atoms with Crippen molar-refractivity contribution in [2.24, 2.45) is 5.14 Å². The van der Waals surface area contributed by atoms with E-state index in [4.69, 9.17) is 10.9 Å². The average Bonchev–Trinajstić information content (AvgIpc) is 1.88. The maximum absolute atomic E-state index is 5.65. The number of anilines is 1. The Morgan fingerprint density at radius 3 is 2.50 bits per heavy atom. The van der Waals surface area contributed by atoms with Gasteiger partial charge in [0, 0.05) is 11.8 Å². The number of nitrogen functional groups attached to an aromatic ring is 1. The van der Waals surface area contributed by atoms with Crippen LogP contribution in [-0.4, -0.2) is 6.26 Å². The van der Waals surface area contributed by atoms with E-state index in [2.05, 4.69) is 0 Å². The van der Waals surface area contributed by atoms with Crippen molar-refractivity contribution >= 4 is 16.8 Å². The van der Waals surface area contributed by atoms with Gasteiger partial charge in [-0.3, -0.25) is 0 Å². The molecule has 4 N–H and O–H groups in total. The summed E-state index contributed by atoms with van der Waals surface area (Å²) in [5.41, 5.74) is 6.33. The monoisotopic (exact) mass is 155 g/mol. The van der Waals surface area contributed by atoms with E-state index in [-0.39, 0.29) is 11.1 Å². The van der Waals surface area contributed by atoms with Gasteiger partial charge in [0.15, 0.2) is 4.90 Å². The molecule has 1 atom stereocenters. The van der Waals surface area contributed by atoms with Crippen molar-refractivity contribution in [3.8, 4) is 0 Å². The molecular weight excluding hydrogens is 144 g/mol. The Morgan fingerprint density at radius 1 is 1.40 bits per heavy atom. The third-order valence-electron chi connectivity index (χ3n) is 1.23. The van der Waals surface area contributed by atoms with E-state index < -0.39 is 0 Å². The summed E-state index contributed by atoms with van der Waals surface area (Å²) in [5.74, 6) is 0. The van der Waals surface area contributed by atoms with E-state index in [1.165, 1.54) is 0 Å². The van der Waals surface area contributed by atoms with Crippen LogP contribution < -0.4 is 10.9 Å². The Labute approximate surface area is 63.7 Å². The van der Waals surface area contributed by atoms with E-state index in [9.17, 15) is 0 Å². The maximum atomic E-state index is 5.65. The second-order valence-corrected chi connectivity index (χ2v) is 3.72. The zero-order valence-electron chi connectivity index (χ0n) is 5.87. The number of nitrogens with two attached hydrogens (primary N) is 2. The van der Waals surface area contributed by atoms with Crippen molar-refractivity contribution < 1.29 is 0 Å². The van der Waals surface area contributed by atoms with Gasteiger partial charge in [-0.1, -0.05) is 6.07 Å². The van der Waals surface area contributed by atoms with E-state index in [0.717, 1.165) is 10.6 Å². The van der Waals surface area contributed by atoms with Crippen LogP contribution in [-0.2, 0) is 11.1 Å². The number of hydrogen-bond acceptors (Lipinski definition) is 2. The zero-order chi connectivity index (χ0) is 7.56. The summed E-state index contributed by atoms with van der Waals surface area (Å²) >= 11 is -0.169. The molecule has 1 rings (SSSR count). The molecule has 10 heavy (non-hydrogen) atoms. The van der Waals surface area contributed by atoms with Crippen molar-refractivity contribution in [1.82, 2.24) is 0 Å². The van der Waals surface area contributed by atoms with Crippen LogP contribution in [0.4, 0.5) is 5.69 Å². The fourth-order valence-corrected chi connectivity index (χ4v) is 1.33. The van der Waals surface area contributed by atoms with Crippen molar-refractivity contribution in [2.45, 2.75) is 4.90 Å². The van der Waals surface area contributed by atoms with Gasteiger partial charge in [0.1, 0.15) is 17.3 Å². The highest BCUT2D eigenvalue weighted by Crippen LogP contribution is 2.10. The summed E-state index contributed by atoms with van der Waals surface area (Å²) in [5, 5.41) is 5.65. The van der Waals surface area contributed by atoms with E-state index in [1.807, 2.05) is 30.5 Å². The summed E-state index contributed by atoms with van der Waals surface area (Å²) in [4.78, 5) is 1.11. The zero-order valence-corrected chi connectivity index (χ0v) is 6.69. The fraction of sp³-hybridized carbons (Fsp3) is 0.143. The largest absolute Gasteiger partial charge is 0.399 e. The van der Waals surface area contributed by atoms with Gasteiger partial charge >= 0.3 is 0 Å². The lowest BCUT2D eigenvalue weighted by molar-refractivity contribution is 1.44. The summed E-state index contributed by atoms with van der Waals surface area (Å²) in [6, 6.07) is 7.67. The molecule has 0 amide bonds. The molecule has 54 valence electrons. The van der Waals surface area contributed by atoms with E-state index in [0.29, 0.717) is 0 Å². The molecule has 0 bridgehead atoms. The van der Waals surface area contributed by atoms with Crippen LogP contribution in [0.15, 0.2) is 29.2 Å². The fourth-order valence-electron chi connectivity index (χ4n) is 0.715. The molecule has 0 heterocycles. The lowest BCUT2D eigenvalue weighted by Crippen LogP contribution is -2.10. The van der Waals surface area contributed by atoms with Gasteiger partial charge in [-0.05, 0) is 12.1 Å². The van der Waals surface area contributed by atoms with Crippen molar-refractivity contribution in [3.05, 3.63) is 24.3 Å². The normalized spacial score (nSPS) is 13.0. The molecule has 0 saturated heterocycles. The van der Waals surface area contributed by atoms with Gasteiger partial charge in [-0.15, -0.1) is 5.14 Å². The minimum atomic E-state index is -0.169. The summed E-state index contributed by atoms with van der Waals surface area (Å²) < 4.78 is 0. The summed E-state index contributed by atoms with van der Waals surface area (Å²) in [6.45, 7) is 0. The SMILES string of the molecule is C[S+](N)c1cccc(N)c1. The quantitative estimate of drug-likeness (QED) is 0.464. The van der Waals surface area contributed by atoms with Crippen LogP contribution in [0.3, 0.4) is 0 Å². The number of benzene rings is 1. The first-order valence-electron chi connectivity index (χ1n) is 2.96. The van der Waals surface area contributed by atoms with Gasteiger partial charge in [0.25, 0.3) is 0 Å². The smallest absolute Gasteiger partial charge is 0.177 e.